The number of rotatable bonds is 2. The summed E-state index contributed by atoms with van der Waals surface area (Å²) >= 11 is 0. The normalized spacial score (nSPS) is 10.4. The number of aryl methyl sites for hydroxylation is 3. The van der Waals surface area contributed by atoms with Crippen LogP contribution in [0.15, 0.2) is 22.7 Å². The number of hydrogen-bond donors (Lipinski definition) is 0. The Hall–Kier alpha value is -1.90. The largest absolute Gasteiger partial charge is 0.433 e. The fourth-order valence-corrected chi connectivity index (χ4v) is 1.97. The van der Waals surface area contributed by atoms with Crippen molar-refractivity contribution in [3.8, 4) is 11.5 Å². The van der Waals surface area contributed by atoms with Gasteiger partial charge in [0.25, 0.3) is 0 Å². The van der Waals surface area contributed by atoms with Gasteiger partial charge in [0.1, 0.15) is 0 Å². The van der Waals surface area contributed by atoms with Gasteiger partial charge in [-0.05, 0) is 31.9 Å². The van der Waals surface area contributed by atoms with Crippen LogP contribution < -0.4 is 0 Å². The Morgan fingerprint density at radius 1 is 1.19 bits per heavy atom. The first-order valence-electron chi connectivity index (χ1n) is 5.11. The van der Waals surface area contributed by atoms with E-state index in [1.165, 1.54) is 11.8 Å². The van der Waals surface area contributed by atoms with Crippen molar-refractivity contribution in [1.82, 2.24) is 4.98 Å². The molecule has 0 fully saturated rings. The van der Waals surface area contributed by atoms with E-state index < -0.39 is 0 Å². The highest BCUT2D eigenvalue weighted by Crippen LogP contribution is 2.27. The topological polar surface area (TPSA) is 43.1 Å². The Kier molecular flexibility index (Phi) is 2.60. The number of carbonyl (C=O) groups excluding carboxylic acids is 1. The van der Waals surface area contributed by atoms with Crippen LogP contribution in [0.25, 0.3) is 11.5 Å². The molecule has 1 aromatic carbocycles. The summed E-state index contributed by atoms with van der Waals surface area (Å²) in [7, 11) is 0. The van der Waals surface area contributed by atoms with E-state index in [1.807, 2.05) is 13.8 Å². The van der Waals surface area contributed by atoms with E-state index in [9.17, 15) is 4.79 Å². The van der Waals surface area contributed by atoms with Gasteiger partial charge in [-0.3, -0.25) is 4.79 Å². The molecule has 0 radical (unpaired) electrons. The number of aromatic nitrogens is 1. The fourth-order valence-electron chi connectivity index (χ4n) is 1.97. The standard InChI is InChI=1S/C13H13NO2/c1-8-4-9(2)12(10(3)5-8)13-14-6-11(7-15)16-13/h4-7H,1-3H3. The Balaban J connectivity index is 2.59. The molecule has 0 atom stereocenters. The van der Waals surface area contributed by atoms with Crippen LogP contribution in [0.1, 0.15) is 27.2 Å². The van der Waals surface area contributed by atoms with Crippen molar-refractivity contribution in [2.24, 2.45) is 0 Å². The minimum Gasteiger partial charge on any atom is -0.433 e. The molecule has 0 N–H and O–H groups in total. The second-order valence-corrected chi connectivity index (χ2v) is 3.96. The Labute approximate surface area is 94.1 Å². The van der Waals surface area contributed by atoms with Gasteiger partial charge in [-0.1, -0.05) is 17.7 Å². The summed E-state index contributed by atoms with van der Waals surface area (Å²) in [5, 5.41) is 0. The molecule has 0 spiro atoms. The molecule has 0 aliphatic rings. The van der Waals surface area contributed by atoms with Crippen LogP contribution in [-0.2, 0) is 0 Å². The van der Waals surface area contributed by atoms with Crippen LogP contribution in [0.2, 0.25) is 0 Å². The molecule has 0 bridgehead atoms. The molecule has 2 rings (SSSR count). The molecule has 3 heteroatoms. The molecular weight excluding hydrogens is 202 g/mol. The van der Waals surface area contributed by atoms with E-state index in [4.69, 9.17) is 4.42 Å². The van der Waals surface area contributed by atoms with Gasteiger partial charge in [-0.2, -0.15) is 0 Å². The maximum atomic E-state index is 10.5. The molecule has 3 nitrogen and oxygen atoms in total. The highest BCUT2D eigenvalue weighted by Gasteiger charge is 2.12. The molecule has 0 saturated heterocycles. The maximum absolute atomic E-state index is 10.5. The number of oxazole rings is 1. The van der Waals surface area contributed by atoms with Crippen LogP contribution in [0.5, 0.6) is 0 Å². The highest BCUT2D eigenvalue weighted by atomic mass is 16.4. The van der Waals surface area contributed by atoms with E-state index in [2.05, 4.69) is 24.0 Å². The summed E-state index contributed by atoms with van der Waals surface area (Å²) in [6.07, 6.45) is 2.11. The molecule has 0 unspecified atom stereocenters. The predicted molar refractivity (Wildman–Crippen MR) is 61.5 cm³/mol. The first-order valence-corrected chi connectivity index (χ1v) is 5.11. The first-order chi connectivity index (χ1) is 7.61. The van der Waals surface area contributed by atoms with Crippen molar-refractivity contribution in [2.75, 3.05) is 0 Å². The third kappa shape index (κ3) is 1.76. The lowest BCUT2D eigenvalue weighted by Gasteiger charge is -2.07. The van der Waals surface area contributed by atoms with Gasteiger partial charge in [0.2, 0.25) is 5.89 Å². The SMILES string of the molecule is Cc1cc(C)c(-c2ncc(C=O)o2)c(C)c1. The molecule has 0 saturated carbocycles. The third-order valence-corrected chi connectivity index (χ3v) is 2.53. The monoisotopic (exact) mass is 215 g/mol. The Morgan fingerprint density at radius 3 is 2.31 bits per heavy atom. The Bertz CT molecular complexity index is 518. The molecule has 82 valence electrons. The molecule has 0 amide bonds. The second kappa shape index (κ2) is 3.93. The van der Waals surface area contributed by atoms with Crippen LogP contribution in [0, 0.1) is 20.8 Å². The van der Waals surface area contributed by atoms with Gasteiger partial charge in [0.05, 0.1) is 6.20 Å². The van der Waals surface area contributed by atoms with E-state index in [0.717, 1.165) is 16.7 Å². The molecule has 1 aromatic heterocycles. The summed E-state index contributed by atoms with van der Waals surface area (Å²) in [6.45, 7) is 6.08. The van der Waals surface area contributed by atoms with Crippen molar-refractivity contribution < 1.29 is 9.21 Å². The second-order valence-electron chi connectivity index (χ2n) is 3.96. The number of aldehydes is 1. The van der Waals surface area contributed by atoms with Crippen LogP contribution in [0.4, 0.5) is 0 Å². The van der Waals surface area contributed by atoms with E-state index in [1.54, 1.807) is 0 Å². The van der Waals surface area contributed by atoms with E-state index >= 15 is 0 Å². The summed E-state index contributed by atoms with van der Waals surface area (Å²) in [6, 6.07) is 4.15. The highest BCUT2D eigenvalue weighted by molar-refractivity contribution is 5.72. The summed E-state index contributed by atoms with van der Waals surface area (Å²) in [4.78, 5) is 14.7. The average Bonchev–Trinajstić information content (AvgIpc) is 2.64. The third-order valence-electron chi connectivity index (χ3n) is 2.53. The van der Waals surface area contributed by atoms with Crippen LogP contribution in [-0.4, -0.2) is 11.3 Å². The molecule has 0 aliphatic heterocycles. The lowest BCUT2D eigenvalue weighted by atomic mass is 10.00. The van der Waals surface area contributed by atoms with Crippen molar-refractivity contribution in [2.45, 2.75) is 20.8 Å². The first kappa shape index (κ1) is 10.6. The van der Waals surface area contributed by atoms with Crippen molar-refractivity contribution in [1.29, 1.82) is 0 Å². The van der Waals surface area contributed by atoms with E-state index in [-0.39, 0.29) is 5.76 Å². The van der Waals surface area contributed by atoms with Crippen LogP contribution >= 0.6 is 0 Å². The lowest BCUT2D eigenvalue weighted by Crippen LogP contribution is -1.89. The zero-order chi connectivity index (χ0) is 11.7. The number of benzene rings is 1. The minimum atomic E-state index is 0.259. The van der Waals surface area contributed by atoms with Gasteiger partial charge in [-0.15, -0.1) is 0 Å². The van der Waals surface area contributed by atoms with Crippen LogP contribution in [0.3, 0.4) is 0 Å². The maximum Gasteiger partial charge on any atom is 0.227 e. The molecule has 0 aliphatic carbocycles. The molecular formula is C13H13NO2. The van der Waals surface area contributed by atoms with Gasteiger partial charge < -0.3 is 4.42 Å². The number of hydrogen-bond acceptors (Lipinski definition) is 3. The summed E-state index contributed by atoms with van der Waals surface area (Å²) in [5.74, 6) is 0.770. The van der Waals surface area contributed by atoms with Gasteiger partial charge >= 0.3 is 0 Å². The zero-order valence-electron chi connectivity index (χ0n) is 9.57. The van der Waals surface area contributed by atoms with Gasteiger partial charge in [0.15, 0.2) is 12.0 Å². The summed E-state index contributed by atoms with van der Waals surface area (Å²) in [5.41, 5.74) is 4.40. The summed E-state index contributed by atoms with van der Waals surface area (Å²) < 4.78 is 5.34. The fraction of sp³-hybridized carbons (Fsp3) is 0.231. The molecule has 16 heavy (non-hydrogen) atoms. The predicted octanol–water partition coefficient (Wildman–Crippen LogP) is 3.08. The average molecular weight is 215 g/mol. The van der Waals surface area contributed by atoms with Gasteiger partial charge in [0, 0.05) is 5.56 Å². The number of carbonyl (C=O) groups is 1. The van der Waals surface area contributed by atoms with Crippen molar-refractivity contribution in [3.05, 3.63) is 40.8 Å². The smallest absolute Gasteiger partial charge is 0.227 e. The molecule has 1 heterocycles. The van der Waals surface area contributed by atoms with Crippen molar-refractivity contribution in [3.63, 3.8) is 0 Å². The lowest BCUT2D eigenvalue weighted by molar-refractivity contribution is 0.110. The van der Waals surface area contributed by atoms with Crippen molar-refractivity contribution >= 4 is 6.29 Å². The quantitative estimate of drug-likeness (QED) is 0.723. The molecule has 2 aromatic rings. The number of nitrogens with zero attached hydrogens (tertiary/aromatic N) is 1. The minimum absolute atomic E-state index is 0.259. The van der Waals surface area contributed by atoms with E-state index in [0.29, 0.717) is 12.2 Å². The van der Waals surface area contributed by atoms with Gasteiger partial charge in [-0.25, -0.2) is 4.98 Å². The zero-order valence-corrected chi connectivity index (χ0v) is 9.57. The Morgan fingerprint density at radius 2 is 1.81 bits per heavy atom.